The van der Waals surface area contributed by atoms with E-state index < -0.39 is 0 Å². The minimum Gasteiger partial charge on any atom is -0.277 e. The smallest absolute Gasteiger partial charge is 0.277 e. The molecule has 0 aliphatic carbocycles. The highest BCUT2D eigenvalue weighted by Crippen LogP contribution is 2.41. The number of nitrogens with zero attached hydrogens (tertiary/aromatic N) is 4. The molecule has 5 nitrogen and oxygen atoms in total. The average Bonchev–Trinajstić information content (AvgIpc) is 3.45. The molecular formula is C29H15ClN4OS. The minimum absolute atomic E-state index is 0.365. The fourth-order valence-corrected chi connectivity index (χ4v) is 6.59. The summed E-state index contributed by atoms with van der Waals surface area (Å²) < 4.78 is 4.51. The van der Waals surface area contributed by atoms with Gasteiger partial charge in [0.05, 0.1) is 21.3 Å². The zero-order valence-corrected chi connectivity index (χ0v) is 20.2. The molecule has 0 aliphatic heterocycles. The molecule has 8 rings (SSSR count). The molecule has 0 unspecified atom stereocenters. The van der Waals surface area contributed by atoms with Gasteiger partial charge in [-0.1, -0.05) is 89.7 Å². The van der Waals surface area contributed by atoms with E-state index in [0.717, 1.165) is 48.2 Å². The van der Waals surface area contributed by atoms with E-state index in [9.17, 15) is 4.79 Å². The van der Waals surface area contributed by atoms with E-state index in [1.807, 2.05) is 34.9 Å². The van der Waals surface area contributed by atoms with E-state index in [1.165, 1.54) is 21.1 Å². The van der Waals surface area contributed by atoms with E-state index in [1.54, 1.807) is 6.07 Å². The topological polar surface area (TPSA) is 52.2 Å². The van der Waals surface area contributed by atoms with Crippen molar-refractivity contribution in [2.75, 3.05) is 0 Å². The van der Waals surface area contributed by atoms with Crippen molar-refractivity contribution in [3.63, 3.8) is 0 Å². The Kier molecular flexibility index (Phi) is 3.96. The first-order valence-corrected chi connectivity index (χ1v) is 12.7. The normalized spacial score (nSPS) is 12.1. The van der Waals surface area contributed by atoms with Crippen molar-refractivity contribution in [2.45, 2.75) is 0 Å². The summed E-state index contributed by atoms with van der Waals surface area (Å²) >= 11 is 7.67. The molecule has 0 amide bonds. The van der Waals surface area contributed by atoms with Gasteiger partial charge in [-0.25, -0.2) is 9.20 Å². The van der Waals surface area contributed by atoms with Crippen LogP contribution in [-0.4, -0.2) is 18.9 Å². The first-order chi connectivity index (χ1) is 17.7. The predicted molar refractivity (Wildman–Crippen MR) is 149 cm³/mol. The summed E-state index contributed by atoms with van der Waals surface area (Å²) in [4.78, 5) is 23.4. The lowest BCUT2D eigenvalue weighted by atomic mass is 9.97. The second-order valence-electron chi connectivity index (χ2n) is 8.81. The second kappa shape index (κ2) is 7.13. The Labute approximate surface area is 212 Å². The Morgan fingerprint density at radius 3 is 2.17 bits per heavy atom. The van der Waals surface area contributed by atoms with Crippen LogP contribution in [0, 0.1) is 0 Å². The van der Waals surface area contributed by atoms with Crippen molar-refractivity contribution in [2.24, 2.45) is 0 Å². The zero-order valence-electron chi connectivity index (χ0n) is 18.6. The molecule has 3 aromatic heterocycles. The number of para-hydroxylation sites is 1. The van der Waals surface area contributed by atoms with Gasteiger partial charge in [-0.3, -0.25) is 4.57 Å². The Hall–Kier alpha value is -4.26. The molecule has 7 heteroatoms. The van der Waals surface area contributed by atoms with Crippen LogP contribution >= 0.6 is 22.9 Å². The van der Waals surface area contributed by atoms with Crippen LogP contribution in [0.2, 0.25) is 5.02 Å². The van der Waals surface area contributed by atoms with Crippen LogP contribution in [0.3, 0.4) is 0 Å². The first kappa shape index (κ1) is 20.0. The molecule has 0 N–H and O–H groups in total. The van der Waals surface area contributed by atoms with Gasteiger partial charge in [-0.2, -0.15) is 9.97 Å². The van der Waals surface area contributed by atoms with Gasteiger partial charge in [0.15, 0.2) is 0 Å². The summed E-state index contributed by atoms with van der Waals surface area (Å²) in [5, 5.41) is 7.40. The van der Waals surface area contributed by atoms with Crippen molar-refractivity contribution in [1.29, 1.82) is 0 Å². The third-order valence-electron chi connectivity index (χ3n) is 6.88. The van der Waals surface area contributed by atoms with E-state index in [4.69, 9.17) is 16.6 Å². The fourth-order valence-electron chi connectivity index (χ4n) is 5.44. The molecular weight excluding hydrogens is 488 g/mol. The van der Waals surface area contributed by atoms with Crippen LogP contribution in [-0.2, 0) is 0 Å². The van der Waals surface area contributed by atoms with Gasteiger partial charge in [-0.05, 0) is 40.4 Å². The zero-order chi connectivity index (χ0) is 24.0. The molecule has 5 aromatic carbocycles. The molecule has 0 saturated carbocycles. The first-order valence-electron chi connectivity index (χ1n) is 11.5. The minimum atomic E-state index is -0.375. The number of aromatic nitrogens is 4. The lowest BCUT2D eigenvalue weighted by molar-refractivity contribution is 0.913. The summed E-state index contributed by atoms with van der Waals surface area (Å²) in [5.74, 6) is 0.365. The van der Waals surface area contributed by atoms with Crippen LogP contribution in [0.1, 0.15) is 0 Å². The van der Waals surface area contributed by atoms with Gasteiger partial charge in [0.2, 0.25) is 10.9 Å². The number of hydrogen-bond donors (Lipinski definition) is 0. The number of rotatable bonds is 1. The molecule has 0 radical (unpaired) electrons. The second-order valence-corrected chi connectivity index (χ2v) is 10.3. The van der Waals surface area contributed by atoms with Gasteiger partial charge in [-0.15, -0.1) is 0 Å². The lowest BCUT2D eigenvalue weighted by Gasteiger charge is -2.10. The maximum atomic E-state index is 13.4. The average molecular weight is 503 g/mol. The van der Waals surface area contributed by atoms with Crippen LogP contribution in [0.4, 0.5) is 0 Å². The maximum Gasteiger partial charge on any atom is 0.357 e. The van der Waals surface area contributed by atoms with Gasteiger partial charge in [0, 0.05) is 21.2 Å². The Morgan fingerprint density at radius 2 is 1.36 bits per heavy atom. The summed E-state index contributed by atoms with van der Waals surface area (Å²) in [7, 11) is 0. The number of thiazole rings is 1. The summed E-state index contributed by atoms with van der Waals surface area (Å²) in [6, 6.07) is 30.6. The summed E-state index contributed by atoms with van der Waals surface area (Å²) in [5.41, 5.74) is 2.30. The van der Waals surface area contributed by atoms with Crippen molar-refractivity contribution in [3.05, 3.63) is 107 Å². The molecule has 170 valence electrons. The highest BCUT2D eigenvalue weighted by molar-refractivity contribution is 7.23. The van der Waals surface area contributed by atoms with Crippen LogP contribution in [0.5, 0.6) is 0 Å². The van der Waals surface area contributed by atoms with Crippen molar-refractivity contribution < 1.29 is 0 Å². The van der Waals surface area contributed by atoms with Crippen molar-refractivity contribution >= 4 is 81.5 Å². The Morgan fingerprint density at radius 1 is 0.694 bits per heavy atom. The third kappa shape index (κ3) is 2.57. The Balaban J connectivity index is 1.61. The number of halogens is 1. The quantitative estimate of drug-likeness (QED) is 0.220. The fraction of sp³-hybridized carbons (Fsp3) is 0. The van der Waals surface area contributed by atoms with Gasteiger partial charge < -0.3 is 0 Å². The van der Waals surface area contributed by atoms with Crippen molar-refractivity contribution in [3.8, 4) is 5.95 Å². The molecule has 8 aromatic rings. The predicted octanol–water partition coefficient (Wildman–Crippen LogP) is 7.36. The lowest BCUT2D eigenvalue weighted by Crippen LogP contribution is -2.20. The Bertz CT molecular complexity index is 2260. The van der Waals surface area contributed by atoms with E-state index in [0.29, 0.717) is 15.9 Å². The molecule has 0 spiro atoms. The van der Waals surface area contributed by atoms with E-state index in [2.05, 4.69) is 59.6 Å². The largest absolute Gasteiger partial charge is 0.357 e. The molecule has 0 aliphatic rings. The molecule has 0 fully saturated rings. The van der Waals surface area contributed by atoms with Crippen molar-refractivity contribution in [1.82, 2.24) is 18.9 Å². The summed E-state index contributed by atoms with van der Waals surface area (Å²) in [6.07, 6.45) is 0. The van der Waals surface area contributed by atoms with Crippen LogP contribution in [0.15, 0.2) is 95.8 Å². The molecule has 0 atom stereocenters. The highest BCUT2D eigenvalue weighted by atomic mass is 35.5. The van der Waals surface area contributed by atoms with Gasteiger partial charge in [0.25, 0.3) is 0 Å². The summed E-state index contributed by atoms with van der Waals surface area (Å²) in [6.45, 7) is 0. The number of fused-ring (bicyclic) bond motifs is 11. The third-order valence-corrected chi connectivity index (χ3v) is 8.14. The molecule has 3 heterocycles. The standard InChI is InChI=1S/C29H15ClN4OS/c30-16-13-14-24-23(15-16)34-28(35)31-27(32-29(34)36-24)33-22-12-6-5-11-21(22)25-19-9-3-1-7-17(19)18-8-2-4-10-20(18)26(25)33/h1-15H. The molecule has 0 bridgehead atoms. The molecule has 36 heavy (non-hydrogen) atoms. The van der Waals surface area contributed by atoms with Crippen LogP contribution in [0.25, 0.3) is 64.5 Å². The monoisotopic (exact) mass is 502 g/mol. The molecule has 0 saturated heterocycles. The maximum absolute atomic E-state index is 13.4. The van der Waals surface area contributed by atoms with Gasteiger partial charge >= 0.3 is 5.69 Å². The number of benzene rings is 5. The van der Waals surface area contributed by atoms with Crippen LogP contribution < -0.4 is 5.69 Å². The number of hydrogen-bond acceptors (Lipinski definition) is 4. The SMILES string of the molecule is O=c1nc(-n2c3ccccc3c3c4ccccc4c4ccccc4c32)nc2sc3ccc(Cl)cc3n12. The highest BCUT2D eigenvalue weighted by Gasteiger charge is 2.21. The van der Waals surface area contributed by atoms with Gasteiger partial charge in [0.1, 0.15) is 0 Å². The van der Waals surface area contributed by atoms with E-state index in [-0.39, 0.29) is 5.69 Å². The van der Waals surface area contributed by atoms with E-state index >= 15 is 0 Å².